The van der Waals surface area contributed by atoms with Crippen LogP contribution in [0.2, 0.25) is 0 Å². The number of rotatable bonds is 12. The highest BCUT2D eigenvalue weighted by Gasteiger charge is 2.29. The van der Waals surface area contributed by atoms with Crippen LogP contribution in [0.15, 0.2) is 64.8 Å². The van der Waals surface area contributed by atoms with E-state index >= 15 is 0 Å². The van der Waals surface area contributed by atoms with Crippen LogP contribution >= 0.6 is 0 Å². The Kier molecular flexibility index (Phi) is 10.9. The van der Waals surface area contributed by atoms with E-state index in [0.29, 0.717) is 5.92 Å². The molecule has 0 heterocycles. The molecule has 0 radical (unpaired) electrons. The van der Waals surface area contributed by atoms with Gasteiger partial charge in [-0.25, -0.2) is 0 Å². The van der Waals surface area contributed by atoms with Crippen LogP contribution in [0.5, 0.6) is 0 Å². The SMILES string of the molecule is CCCCCc1ccc(C=NN=C(c2ccccc2)[C@H]2CC[C@H](C(CC)CCC)CC2)cc1. The van der Waals surface area contributed by atoms with E-state index in [1.165, 1.54) is 87.5 Å². The molecule has 33 heavy (non-hydrogen) atoms. The Bertz CT molecular complexity index is 842. The van der Waals surface area contributed by atoms with E-state index in [1.54, 1.807) is 0 Å². The van der Waals surface area contributed by atoms with Crippen LogP contribution in [0.4, 0.5) is 0 Å². The number of nitrogens with zero attached hydrogens (tertiary/aromatic N) is 2. The average Bonchev–Trinajstić information content (AvgIpc) is 2.87. The van der Waals surface area contributed by atoms with E-state index in [1.807, 2.05) is 6.21 Å². The molecule has 1 aliphatic carbocycles. The highest BCUT2D eigenvalue weighted by molar-refractivity contribution is 6.02. The maximum absolute atomic E-state index is 4.81. The van der Waals surface area contributed by atoms with E-state index in [0.717, 1.165) is 17.4 Å². The summed E-state index contributed by atoms with van der Waals surface area (Å²) in [5.74, 6) is 2.31. The predicted octanol–water partition coefficient (Wildman–Crippen LogP) is 8.88. The summed E-state index contributed by atoms with van der Waals surface area (Å²) in [6, 6.07) is 19.5. The Morgan fingerprint density at radius 1 is 0.879 bits per heavy atom. The molecule has 1 fully saturated rings. The normalized spacial score (nSPS) is 20.3. The summed E-state index contributed by atoms with van der Waals surface area (Å²) in [4.78, 5) is 0. The molecule has 1 atom stereocenters. The Balaban J connectivity index is 1.68. The molecule has 0 amide bonds. The summed E-state index contributed by atoms with van der Waals surface area (Å²) < 4.78 is 0. The van der Waals surface area contributed by atoms with Crippen LogP contribution in [0.25, 0.3) is 0 Å². The van der Waals surface area contributed by atoms with Gasteiger partial charge in [0, 0.05) is 5.92 Å². The molecule has 0 aliphatic heterocycles. The first kappa shape index (κ1) is 25.4. The van der Waals surface area contributed by atoms with E-state index in [9.17, 15) is 0 Å². The third-order valence-electron chi connectivity index (χ3n) is 7.50. The lowest BCUT2D eigenvalue weighted by Gasteiger charge is -2.34. The Labute approximate surface area is 202 Å². The van der Waals surface area contributed by atoms with Gasteiger partial charge >= 0.3 is 0 Å². The van der Waals surface area contributed by atoms with Crippen LogP contribution in [0.1, 0.15) is 102 Å². The maximum Gasteiger partial charge on any atom is 0.0733 e. The molecule has 3 rings (SSSR count). The number of hydrogen-bond acceptors (Lipinski definition) is 2. The Hall–Kier alpha value is -2.22. The molecule has 2 nitrogen and oxygen atoms in total. The van der Waals surface area contributed by atoms with Gasteiger partial charge in [-0.15, -0.1) is 0 Å². The van der Waals surface area contributed by atoms with Crippen molar-refractivity contribution in [3.63, 3.8) is 0 Å². The molecule has 2 aromatic rings. The summed E-state index contributed by atoms with van der Waals surface area (Å²) >= 11 is 0. The molecule has 0 saturated heterocycles. The number of unbranched alkanes of at least 4 members (excludes halogenated alkanes) is 2. The van der Waals surface area contributed by atoms with Crippen LogP contribution in [-0.4, -0.2) is 11.9 Å². The molecule has 1 saturated carbocycles. The summed E-state index contributed by atoms with van der Waals surface area (Å²) in [5.41, 5.74) is 4.94. The third kappa shape index (κ3) is 7.95. The summed E-state index contributed by atoms with van der Waals surface area (Å²) in [7, 11) is 0. The van der Waals surface area contributed by atoms with Gasteiger partial charge < -0.3 is 0 Å². The predicted molar refractivity (Wildman–Crippen MR) is 144 cm³/mol. The van der Waals surface area contributed by atoms with Crippen molar-refractivity contribution in [3.8, 4) is 0 Å². The summed E-state index contributed by atoms with van der Waals surface area (Å²) in [6.07, 6.45) is 16.1. The molecular weight excluding hydrogens is 400 g/mol. The lowest BCUT2D eigenvalue weighted by atomic mass is 9.72. The lowest BCUT2D eigenvalue weighted by molar-refractivity contribution is 0.212. The van der Waals surface area contributed by atoms with Crippen molar-refractivity contribution in [1.29, 1.82) is 0 Å². The summed E-state index contributed by atoms with van der Waals surface area (Å²) in [5, 5.41) is 9.37. The fraction of sp³-hybridized carbons (Fsp3) is 0.548. The van der Waals surface area contributed by atoms with Gasteiger partial charge in [-0.2, -0.15) is 10.2 Å². The second-order valence-electron chi connectivity index (χ2n) is 9.86. The fourth-order valence-electron chi connectivity index (χ4n) is 5.50. The second-order valence-corrected chi connectivity index (χ2v) is 9.86. The van der Waals surface area contributed by atoms with Crippen molar-refractivity contribution < 1.29 is 0 Å². The van der Waals surface area contributed by atoms with Crippen molar-refractivity contribution in [2.24, 2.45) is 28.0 Å². The van der Waals surface area contributed by atoms with Crippen LogP contribution in [-0.2, 0) is 6.42 Å². The fourth-order valence-corrected chi connectivity index (χ4v) is 5.50. The molecule has 178 valence electrons. The maximum atomic E-state index is 4.81. The standard InChI is InChI=1S/C31H44N2/c1-4-7-9-13-25-16-18-26(19-17-25)24-32-33-31(29-14-10-8-11-15-29)30-22-20-28(21-23-30)27(6-3)12-5-2/h8,10-11,14-19,24,27-28,30H,4-7,9,12-13,20-23H2,1-3H3/t27?,28-,30-. The Morgan fingerprint density at radius 2 is 1.61 bits per heavy atom. The van der Waals surface area contributed by atoms with E-state index in [4.69, 9.17) is 5.10 Å². The monoisotopic (exact) mass is 444 g/mol. The van der Waals surface area contributed by atoms with Crippen molar-refractivity contribution in [2.45, 2.75) is 91.4 Å². The van der Waals surface area contributed by atoms with Gasteiger partial charge in [0.2, 0.25) is 0 Å². The Morgan fingerprint density at radius 3 is 2.24 bits per heavy atom. The minimum atomic E-state index is 0.515. The minimum absolute atomic E-state index is 0.515. The molecule has 0 spiro atoms. The van der Waals surface area contributed by atoms with Gasteiger partial charge in [-0.3, -0.25) is 0 Å². The van der Waals surface area contributed by atoms with Crippen LogP contribution in [0.3, 0.4) is 0 Å². The number of hydrogen-bond donors (Lipinski definition) is 0. The number of benzene rings is 2. The first-order valence-corrected chi connectivity index (χ1v) is 13.5. The first-order chi connectivity index (χ1) is 16.2. The molecular formula is C31H44N2. The van der Waals surface area contributed by atoms with Crippen molar-refractivity contribution in [1.82, 2.24) is 0 Å². The largest absolute Gasteiger partial charge is 0.158 e. The molecule has 0 aromatic heterocycles. The zero-order valence-corrected chi connectivity index (χ0v) is 21.2. The first-order valence-electron chi connectivity index (χ1n) is 13.5. The molecule has 0 bridgehead atoms. The summed E-state index contributed by atoms with van der Waals surface area (Å²) in [6.45, 7) is 6.95. The van der Waals surface area contributed by atoms with Gasteiger partial charge in [0.05, 0.1) is 11.9 Å². The lowest BCUT2D eigenvalue weighted by Crippen LogP contribution is -2.26. The zero-order valence-electron chi connectivity index (χ0n) is 21.2. The molecule has 1 aliphatic rings. The van der Waals surface area contributed by atoms with Gasteiger partial charge in [-0.05, 0) is 67.1 Å². The molecule has 2 heteroatoms. The van der Waals surface area contributed by atoms with Crippen molar-refractivity contribution in [2.75, 3.05) is 0 Å². The smallest absolute Gasteiger partial charge is 0.0733 e. The van der Waals surface area contributed by atoms with Gasteiger partial charge in [0.25, 0.3) is 0 Å². The average molecular weight is 445 g/mol. The highest BCUT2D eigenvalue weighted by atomic mass is 15.2. The highest BCUT2D eigenvalue weighted by Crippen LogP contribution is 2.38. The topological polar surface area (TPSA) is 24.7 Å². The molecule has 1 unspecified atom stereocenters. The molecule has 0 N–H and O–H groups in total. The number of aryl methyl sites for hydroxylation is 1. The minimum Gasteiger partial charge on any atom is -0.158 e. The zero-order chi connectivity index (χ0) is 23.3. The van der Waals surface area contributed by atoms with Crippen LogP contribution in [0, 0.1) is 17.8 Å². The van der Waals surface area contributed by atoms with E-state index in [2.05, 4.69) is 80.5 Å². The second kappa shape index (κ2) is 14.1. The van der Waals surface area contributed by atoms with Gasteiger partial charge in [0.15, 0.2) is 0 Å². The van der Waals surface area contributed by atoms with Gasteiger partial charge in [-0.1, -0.05) is 107 Å². The quantitative estimate of drug-likeness (QED) is 0.177. The van der Waals surface area contributed by atoms with Gasteiger partial charge in [0.1, 0.15) is 0 Å². The molecule has 2 aromatic carbocycles. The third-order valence-corrected chi connectivity index (χ3v) is 7.50. The van der Waals surface area contributed by atoms with Crippen molar-refractivity contribution in [3.05, 3.63) is 71.3 Å². The van der Waals surface area contributed by atoms with E-state index < -0.39 is 0 Å². The van der Waals surface area contributed by atoms with Crippen molar-refractivity contribution >= 4 is 11.9 Å². The van der Waals surface area contributed by atoms with Crippen LogP contribution < -0.4 is 0 Å². The van der Waals surface area contributed by atoms with E-state index in [-0.39, 0.29) is 0 Å².